The summed E-state index contributed by atoms with van der Waals surface area (Å²) in [5, 5.41) is 10.6. The molecule has 3 heterocycles. The summed E-state index contributed by atoms with van der Waals surface area (Å²) in [7, 11) is 0. The summed E-state index contributed by atoms with van der Waals surface area (Å²) in [6, 6.07) is 8.26. The van der Waals surface area contributed by atoms with Gasteiger partial charge in [0.15, 0.2) is 11.3 Å². The minimum atomic E-state index is -1.15. The van der Waals surface area contributed by atoms with Crippen molar-refractivity contribution in [2.24, 2.45) is 0 Å². The standard InChI is InChI=1S/C17H16N4O3S/c1-2-9-25-16-12(6-4-8-19-16)15(22)20-21-13(17(23)24)10-11-5-3-7-18-14(11)21/h3-8,10H,2,9H2,1H3,(H,20,22)(H,23,24). The molecular weight excluding hydrogens is 340 g/mol. The third-order valence-electron chi connectivity index (χ3n) is 3.45. The van der Waals surface area contributed by atoms with E-state index in [4.69, 9.17) is 0 Å². The van der Waals surface area contributed by atoms with Crippen LogP contribution in [-0.4, -0.2) is 37.4 Å². The van der Waals surface area contributed by atoms with Crippen molar-refractivity contribution in [2.45, 2.75) is 18.4 Å². The normalized spacial score (nSPS) is 10.8. The molecule has 7 nitrogen and oxygen atoms in total. The van der Waals surface area contributed by atoms with Gasteiger partial charge in [0.2, 0.25) is 0 Å². The fraction of sp³-hybridized carbons (Fsp3) is 0.176. The number of carbonyl (C=O) groups excluding carboxylic acids is 1. The molecule has 0 aromatic carbocycles. The highest BCUT2D eigenvalue weighted by atomic mass is 32.2. The highest BCUT2D eigenvalue weighted by molar-refractivity contribution is 7.99. The average molecular weight is 356 g/mol. The number of aromatic nitrogens is 3. The van der Waals surface area contributed by atoms with Gasteiger partial charge in [0.25, 0.3) is 5.91 Å². The molecule has 0 spiro atoms. The van der Waals surface area contributed by atoms with E-state index in [1.807, 2.05) is 6.92 Å². The second-order valence-corrected chi connectivity index (χ2v) is 6.32. The highest BCUT2D eigenvalue weighted by Gasteiger charge is 2.19. The molecule has 25 heavy (non-hydrogen) atoms. The van der Waals surface area contributed by atoms with Crippen LogP contribution in [-0.2, 0) is 0 Å². The lowest BCUT2D eigenvalue weighted by Gasteiger charge is -2.11. The summed E-state index contributed by atoms with van der Waals surface area (Å²) >= 11 is 1.49. The topological polar surface area (TPSA) is 97.1 Å². The molecule has 0 atom stereocenters. The minimum Gasteiger partial charge on any atom is -0.477 e. The lowest BCUT2D eigenvalue weighted by atomic mass is 10.3. The van der Waals surface area contributed by atoms with E-state index in [0.717, 1.165) is 12.2 Å². The number of carboxylic acid groups (broad SMARTS) is 1. The van der Waals surface area contributed by atoms with E-state index in [-0.39, 0.29) is 5.69 Å². The Bertz CT molecular complexity index is 939. The zero-order valence-electron chi connectivity index (χ0n) is 13.5. The van der Waals surface area contributed by atoms with Gasteiger partial charge in [0, 0.05) is 17.8 Å². The molecule has 3 aromatic rings. The molecule has 0 unspecified atom stereocenters. The first-order valence-electron chi connectivity index (χ1n) is 7.70. The van der Waals surface area contributed by atoms with Gasteiger partial charge in [-0.15, -0.1) is 11.8 Å². The van der Waals surface area contributed by atoms with Gasteiger partial charge in [-0.1, -0.05) is 6.92 Å². The first kappa shape index (κ1) is 17.0. The van der Waals surface area contributed by atoms with E-state index >= 15 is 0 Å². The van der Waals surface area contributed by atoms with Crippen LogP contribution in [0.5, 0.6) is 0 Å². The number of pyridine rings is 2. The van der Waals surface area contributed by atoms with Crippen molar-refractivity contribution < 1.29 is 14.7 Å². The van der Waals surface area contributed by atoms with E-state index in [1.54, 1.807) is 36.7 Å². The molecule has 0 radical (unpaired) electrons. The third-order valence-corrected chi connectivity index (χ3v) is 4.66. The van der Waals surface area contributed by atoms with Crippen molar-refractivity contribution in [1.82, 2.24) is 14.6 Å². The van der Waals surface area contributed by atoms with E-state index in [9.17, 15) is 14.7 Å². The number of carboxylic acids is 1. The Morgan fingerprint density at radius 3 is 2.76 bits per heavy atom. The van der Waals surface area contributed by atoms with Gasteiger partial charge in [-0.25, -0.2) is 19.4 Å². The van der Waals surface area contributed by atoms with Crippen molar-refractivity contribution >= 4 is 34.7 Å². The molecule has 3 rings (SSSR count). The number of fused-ring (bicyclic) bond motifs is 1. The molecule has 8 heteroatoms. The first-order chi connectivity index (χ1) is 12.1. The Morgan fingerprint density at radius 1 is 1.24 bits per heavy atom. The van der Waals surface area contributed by atoms with Crippen LogP contribution in [0.1, 0.15) is 34.2 Å². The summed E-state index contributed by atoms with van der Waals surface area (Å²) in [4.78, 5) is 32.6. The first-order valence-corrected chi connectivity index (χ1v) is 8.69. The molecule has 0 aliphatic rings. The molecule has 0 saturated carbocycles. The highest BCUT2D eigenvalue weighted by Crippen LogP contribution is 2.22. The largest absolute Gasteiger partial charge is 0.477 e. The van der Waals surface area contributed by atoms with Crippen LogP contribution in [0.25, 0.3) is 11.0 Å². The van der Waals surface area contributed by atoms with Crippen molar-refractivity contribution in [3.05, 3.63) is 54.0 Å². The van der Waals surface area contributed by atoms with Crippen LogP contribution in [0.3, 0.4) is 0 Å². The summed E-state index contributed by atoms with van der Waals surface area (Å²) in [5.74, 6) is -0.742. The van der Waals surface area contributed by atoms with Crippen molar-refractivity contribution in [1.29, 1.82) is 0 Å². The van der Waals surface area contributed by atoms with Gasteiger partial charge < -0.3 is 5.11 Å². The molecule has 0 aliphatic heterocycles. The minimum absolute atomic E-state index is 0.0614. The molecule has 0 saturated heterocycles. The Kier molecular flexibility index (Phi) is 4.99. The van der Waals surface area contributed by atoms with Crippen LogP contribution >= 0.6 is 11.8 Å². The number of nitrogens with one attached hydrogen (secondary N) is 1. The SMILES string of the molecule is CCCSc1ncccc1C(=O)Nn1c(C(=O)O)cc2cccnc21. The zero-order valence-corrected chi connectivity index (χ0v) is 14.3. The van der Waals surface area contributed by atoms with Gasteiger partial charge in [-0.05, 0) is 42.5 Å². The van der Waals surface area contributed by atoms with Crippen molar-refractivity contribution in [2.75, 3.05) is 11.2 Å². The maximum atomic E-state index is 12.7. The second-order valence-electron chi connectivity index (χ2n) is 5.23. The van der Waals surface area contributed by atoms with Crippen LogP contribution < -0.4 is 5.43 Å². The molecule has 0 aliphatic carbocycles. The number of thioether (sulfide) groups is 1. The fourth-order valence-corrected chi connectivity index (χ4v) is 3.19. The maximum Gasteiger partial charge on any atom is 0.354 e. The molecule has 128 valence electrons. The number of amides is 1. The second kappa shape index (κ2) is 7.35. The Balaban J connectivity index is 1.98. The van der Waals surface area contributed by atoms with Crippen molar-refractivity contribution in [3.63, 3.8) is 0 Å². The van der Waals surface area contributed by atoms with Crippen LogP contribution in [0, 0.1) is 0 Å². The molecule has 0 fully saturated rings. The zero-order chi connectivity index (χ0) is 17.8. The summed E-state index contributed by atoms with van der Waals surface area (Å²) in [5.41, 5.74) is 3.34. The summed E-state index contributed by atoms with van der Waals surface area (Å²) < 4.78 is 1.20. The average Bonchev–Trinajstić information content (AvgIpc) is 2.99. The predicted molar refractivity (Wildman–Crippen MR) is 95.6 cm³/mol. The van der Waals surface area contributed by atoms with E-state index < -0.39 is 11.9 Å². The van der Waals surface area contributed by atoms with Crippen molar-refractivity contribution in [3.8, 4) is 0 Å². The van der Waals surface area contributed by atoms with Gasteiger partial charge in [0.05, 0.1) is 5.56 Å². The molecule has 3 aromatic heterocycles. The third kappa shape index (κ3) is 3.48. The Hall–Kier alpha value is -2.87. The lowest BCUT2D eigenvalue weighted by molar-refractivity contribution is 0.0687. The van der Waals surface area contributed by atoms with E-state index in [1.165, 1.54) is 22.5 Å². The molecular formula is C17H16N4O3S. The number of hydrogen-bond donors (Lipinski definition) is 2. The van der Waals surface area contributed by atoms with Gasteiger partial charge in [0.1, 0.15) is 5.03 Å². The fourth-order valence-electron chi connectivity index (χ4n) is 2.34. The summed E-state index contributed by atoms with van der Waals surface area (Å²) in [6.07, 6.45) is 4.13. The summed E-state index contributed by atoms with van der Waals surface area (Å²) in [6.45, 7) is 2.05. The lowest BCUT2D eigenvalue weighted by Crippen LogP contribution is -2.26. The molecule has 0 bridgehead atoms. The quantitative estimate of drug-likeness (QED) is 0.659. The molecule has 2 N–H and O–H groups in total. The Labute approximate surface area is 148 Å². The van der Waals surface area contributed by atoms with Crippen LogP contribution in [0.4, 0.5) is 0 Å². The van der Waals surface area contributed by atoms with E-state index in [2.05, 4.69) is 15.4 Å². The smallest absolute Gasteiger partial charge is 0.354 e. The molecule has 1 amide bonds. The van der Waals surface area contributed by atoms with E-state index in [0.29, 0.717) is 21.6 Å². The Morgan fingerprint density at radius 2 is 2.00 bits per heavy atom. The van der Waals surface area contributed by atoms with Gasteiger partial charge in [-0.3, -0.25) is 10.2 Å². The van der Waals surface area contributed by atoms with Crippen LogP contribution in [0.2, 0.25) is 0 Å². The number of nitrogens with zero attached hydrogens (tertiary/aromatic N) is 3. The van der Waals surface area contributed by atoms with Gasteiger partial charge >= 0.3 is 5.97 Å². The maximum absolute atomic E-state index is 12.7. The van der Waals surface area contributed by atoms with Gasteiger partial charge in [-0.2, -0.15) is 0 Å². The number of carbonyl (C=O) groups is 2. The number of aromatic carboxylic acids is 1. The predicted octanol–water partition coefficient (Wildman–Crippen LogP) is 3.02. The number of rotatable bonds is 6. The van der Waals surface area contributed by atoms with Crippen LogP contribution in [0.15, 0.2) is 47.8 Å². The number of hydrogen-bond acceptors (Lipinski definition) is 5. The monoisotopic (exact) mass is 356 g/mol.